The van der Waals surface area contributed by atoms with Gasteiger partial charge in [0.15, 0.2) is 0 Å². The van der Waals surface area contributed by atoms with Crippen molar-refractivity contribution in [2.75, 3.05) is 13.7 Å². The third-order valence-corrected chi connectivity index (χ3v) is 6.95. The molecule has 4 nitrogen and oxygen atoms in total. The number of fused-ring (bicyclic) bond motifs is 5. The molecule has 4 heteroatoms. The van der Waals surface area contributed by atoms with Crippen LogP contribution in [-0.4, -0.2) is 25.8 Å². The number of carbonyl (C=O) groups excluding carboxylic acids is 1. The molecule has 0 bridgehead atoms. The molecule has 1 aromatic rings. The highest BCUT2D eigenvalue weighted by Crippen LogP contribution is 2.59. The molecular formula is C21H28O4. The van der Waals surface area contributed by atoms with E-state index in [0.717, 1.165) is 43.8 Å². The minimum Gasteiger partial charge on any atom is -0.497 e. The first-order valence-corrected chi connectivity index (χ1v) is 9.51. The molecule has 4 rings (SSSR count). The van der Waals surface area contributed by atoms with Gasteiger partial charge in [0.2, 0.25) is 0 Å². The summed E-state index contributed by atoms with van der Waals surface area (Å²) in [5.41, 5.74) is 1.41. The summed E-state index contributed by atoms with van der Waals surface area (Å²) in [6, 6.07) is 6.24. The maximum absolute atomic E-state index is 11.6. The third kappa shape index (κ3) is 2.70. The fourth-order valence-electron chi connectivity index (χ4n) is 5.70. The Kier molecular flexibility index (Phi) is 4.17. The van der Waals surface area contributed by atoms with Gasteiger partial charge >= 0.3 is 5.97 Å². The largest absolute Gasteiger partial charge is 0.497 e. The fourth-order valence-corrected chi connectivity index (χ4v) is 5.70. The lowest BCUT2D eigenvalue weighted by molar-refractivity contribution is -0.169. The van der Waals surface area contributed by atoms with E-state index in [2.05, 4.69) is 13.0 Å². The van der Waals surface area contributed by atoms with Crippen LogP contribution in [0.25, 0.3) is 0 Å². The Morgan fingerprint density at radius 2 is 2.12 bits per heavy atom. The third-order valence-electron chi connectivity index (χ3n) is 6.95. The summed E-state index contributed by atoms with van der Waals surface area (Å²) in [7, 11) is 1.69. The van der Waals surface area contributed by atoms with E-state index in [1.54, 1.807) is 7.11 Å². The highest BCUT2D eigenvalue weighted by molar-refractivity contribution is 5.66. The molecule has 0 N–H and O–H groups in total. The van der Waals surface area contributed by atoms with E-state index in [0.29, 0.717) is 17.8 Å². The van der Waals surface area contributed by atoms with Crippen LogP contribution >= 0.6 is 0 Å². The Bertz CT molecular complexity index is 670. The molecule has 0 radical (unpaired) electrons. The van der Waals surface area contributed by atoms with E-state index in [4.69, 9.17) is 14.2 Å². The van der Waals surface area contributed by atoms with Gasteiger partial charge in [-0.05, 0) is 55.6 Å². The Morgan fingerprint density at radius 1 is 1.28 bits per heavy atom. The second kappa shape index (κ2) is 6.22. The zero-order valence-corrected chi connectivity index (χ0v) is 15.4. The number of carbonyl (C=O) groups is 1. The Morgan fingerprint density at radius 3 is 2.88 bits per heavy atom. The molecule has 2 fully saturated rings. The van der Waals surface area contributed by atoms with E-state index >= 15 is 0 Å². The summed E-state index contributed by atoms with van der Waals surface area (Å²) in [4.78, 5) is 11.6. The molecule has 0 amide bonds. The number of ether oxygens (including phenoxy) is 3. The van der Waals surface area contributed by atoms with Gasteiger partial charge in [-0.25, -0.2) is 0 Å². The first-order valence-electron chi connectivity index (χ1n) is 9.51. The van der Waals surface area contributed by atoms with Gasteiger partial charge in [-0.15, -0.1) is 0 Å². The monoisotopic (exact) mass is 344 g/mol. The normalized spacial score (nSPS) is 36.3. The minimum absolute atomic E-state index is 0.0574. The van der Waals surface area contributed by atoms with Crippen molar-refractivity contribution < 1.29 is 19.0 Å². The molecule has 0 spiro atoms. The van der Waals surface area contributed by atoms with Gasteiger partial charge in [-0.1, -0.05) is 13.0 Å². The number of hydrogen-bond acceptors (Lipinski definition) is 4. The van der Waals surface area contributed by atoms with Gasteiger partial charge in [0.25, 0.3) is 0 Å². The van der Waals surface area contributed by atoms with Crippen LogP contribution < -0.4 is 9.47 Å². The van der Waals surface area contributed by atoms with Crippen molar-refractivity contribution in [2.24, 2.45) is 17.3 Å². The standard InChI is InChI=1S/C21H28O4/c1-13(22)25-20-6-4-5-18-17-12-24-19-11-14(23-3)7-8-16(19)15(17)9-10-21(18,20)2/h7-8,11,15,17-18,20H,4-6,9-10,12H2,1-3H3/t15-,17-,18+,20+,21+/m1/s1. The van der Waals surface area contributed by atoms with E-state index in [9.17, 15) is 4.79 Å². The van der Waals surface area contributed by atoms with E-state index in [1.807, 2.05) is 12.1 Å². The van der Waals surface area contributed by atoms with Crippen LogP contribution in [0.2, 0.25) is 0 Å². The summed E-state index contributed by atoms with van der Waals surface area (Å²) >= 11 is 0. The molecule has 1 heterocycles. The van der Waals surface area contributed by atoms with Crippen LogP contribution in [0.4, 0.5) is 0 Å². The quantitative estimate of drug-likeness (QED) is 0.750. The fraction of sp³-hybridized carbons (Fsp3) is 0.667. The zero-order chi connectivity index (χ0) is 17.6. The molecule has 2 saturated carbocycles. The number of rotatable bonds is 2. The summed E-state index contributed by atoms with van der Waals surface area (Å²) in [6.07, 6.45) is 5.65. The predicted octanol–water partition coefficient (Wildman–Crippen LogP) is 4.32. The maximum atomic E-state index is 11.6. The zero-order valence-electron chi connectivity index (χ0n) is 15.4. The van der Waals surface area contributed by atoms with Crippen LogP contribution in [0.3, 0.4) is 0 Å². The van der Waals surface area contributed by atoms with Crippen molar-refractivity contribution in [1.29, 1.82) is 0 Å². The smallest absolute Gasteiger partial charge is 0.302 e. The predicted molar refractivity (Wildman–Crippen MR) is 95.0 cm³/mol. The van der Waals surface area contributed by atoms with E-state index in [-0.39, 0.29) is 17.5 Å². The second-order valence-electron chi connectivity index (χ2n) is 8.17. The Labute approximate surface area is 149 Å². The van der Waals surface area contributed by atoms with Crippen molar-refractivity contribution in [3.8, 4) is 11.5 Å². The van der Waals surface area contributed by atoms with Gasteiger partial charge in [0.05, 0.1) is 13.7 Å². The lowest BCUT2D eigenvalue weighted by atomic mass is 9.52. The average Bonchev–Trinajstić information content (AvgIpc) is 2.61. The Hall–Kier alpha value is -1.71. The van der Waals surface area contributed by atoms with Crippen molar-refractivity contribution in [2.45, 2.75) is 58.0 Å². The molecule has 136 valence electrons. The lowest BCUT2D eigenvalue weighted by Gasteiger charge is -2.56. The summed E-state index contributed by atoms with van der Waals surface area (Å²) in [6.45, 7) is 4.63. The Balaban J connectivity index is 1.63. The van der Waals surface area contributed by atoms with Crippen molar-refractivity contribution in [3.05, 3.63) is 23.8 Å². The van der Waals surface area contributed by atoms with Crippen LogP contribution in [0, 0.1) is 17.3 Å². The van der Waals surface area contributed by atoms with Crippen molar-refractivity contribution in [3.63, 3.8) is 0 Å². The summed E-state index contributed by atoms with van der Waals surface area (Å²) in [5, 5.41) is 0. The van der Waals surface area contributed by atoms with E-state index in [1.165, 1.54) is 18.9 Å². The average molecular weight is 344 g/mol. The molecule has 25 heavy (non-hydrogen) atoms. The van der Waals surface area contributed by atoms with Crippen molar-refractivity contribution >= 4 is 5.97 Å². The number of esters is 1. The van der Waals surface area contributed by atoms with Crippen LogP contribution in [0.1, 0.15) is 57.4 Å². The minimum atomic E-state index is -0.147. The first-order chi connectivity index (χ1) is 12.0. The van der Waals surface area contributed by atoms with Gasteiger partial charge in [0, 0.05) is 24.3 Å². The van der Waals surface area contributed by atoms with Crippen LogP contribution in [-0.2, 0) is 9.53 Å². The van der Waals surface area contributed by atoms with E-state index < -0.39 is 0 Å². The molecular weight excluding hydrogens is 316 g/mol. The van der Waals surface area contributed by atoms with Crippen LogP contribution in [0.5, 0.6) is 11.5 Å². The second-order valence-corrected chi connectivity index (χ2v) is 8.17. The highest BCUT2D eigenvalue weighted by atomic mass is 16.5. The van der Waals surface area contributed by atoms with Gasteiger partial charge in [-0.2, -0.15) is 0 Å². The summed E-state index contributed by atoms with van der Waals surface area (Å²) in [5.74, 6) is 3.30. The van der Waals surface area contributed by atoms with Crippen molar-refractivity contribution in [1.82, 2.24) is 0 Å². The van der Waals surface area contributed by atoms with Crippen LogP contribution in [0.15, 0.2) is 18.2 Å². The maximum Gasteiger partial charge on any atom is 0.302 e. The van der Waals surface area contributed by atoms with Gasteiger partial charge in [0.1, 0.15) is 17.6 Å². The molecule has 0 saturated heterocycles. The molecule has 2 aliphatic carbocycles. The number of benzene rings is 1. The summed E-state index contributed by atoms with van der Waals surface area (Å²) < 4.78 is 17.2. The van der Waals surface area contributed by atoms with Gasteiger partial charge < -0.3 is 14.2 Å². The SMILES string of the molecule is COc1ccc2c(c1)OC[C@@H]1[C@@H]2CC[C@]2(C)[C@@H](OC(C)=O)CCC[C@@H]12. The first kappa shape index (κ1) is 16.7. The molecule has 3 aliphatic rings. The lowest BCUT2D eigenvalue weighted by Crippen LogP contribution is -2.53. The topological polar surface area (TPSA) is 44.8 Å². The number of hydrogen-bond donors (Lipinski definition) is 0. The molecule has 0 unspecified atom stereocenters. The number of methoxy groups -OCH3 is 1. The highest BCUT2D eigenvalue weighted by Gasteiger charge is 2.54. The molecule has 5 atom stereocenters. The molecule has 1 aromatic carbocycles. The molecule has 0 aromatic heterocycles. The molecule has 1 aliphatic heterocycles. The van der Waals surface area contributed by atoms with Gasteiger partial charge in [-0.3, -0.25) is 4.79 Å².